The van der Waals surface area contributed by atoms with Crippen molar-refractivity contribution in [2.45, 2.75) is 18.2 Å². The molecule has 0 aliphatic heterocycles. The molecule has 0 fully saturated rings. The third-order valence-electron chi connectivity index (χ3n) is 2.08. The maximum Gasteiger partial charge on any atom is 0.0431 e. The van der Waals surface area contributed by atoms with Gasteiger partial charge in [0.05, 0.1) is 0 Å². The van der Waals surface area contributed by atoms with Gasteiger partial charge in [0.2, 0.25) is 0 Å². The highest BCUT2D eigenvalue weighted by molar-refractivity contribution is 7.99. The van der Waals surface area contributed by atoms with Gasteiger partial charge in [-0.3, -0.25) is 0 Å². The van der Waals surface area contributed by atoms with Crippen molar-refractivity contribution in [3.05, 3.63) is 40.4 Å². The molecular formula is C13H17Cl2NS. The van der Waals surface area contributed by atoms with E-state index < -0.39 is 0 Å². The second kappa shape index (κ2) is 8.04. The fraction of sp³-hybridized carbons (Fsp3) is 0.385. The van der Waals surface area contributed by atoms with Gasteiger partial charge in [0.25, 0.3) is 0 Å². The average molecular weight is 290 g/mol. The molecule has 1 aromatic rings. The standard InChI is InChI=1S/C13H17Cl2NS/c1-3-4-16-8-10(2)9-17-13-6-11(14)5-12(15)7-13/h5-7,16H,2-4,8-9H2,1H3. The van der Waals surface area contributed by atoms with Gasteiger partial charge < -0.3 is 5.32 Å². The summed E-state index contributed by atoms with van der Waals surface area (Å²) < 4.78 is 0. The van der Waals surface area contributed by atoms with Crippen LogP contribution in [0.15, 0.2) is 35.2 Å². The topological polar surface area (TPSA) is 12.0 Å². The van der Waals surface area contributed by atoms with Gasteiger partial charge in [-0.2, -0.15) is 0 Å². The van der Waals surface area contributed by atoms with E-state index in [4.69, 9.17) is 23.2 Å². The maximum atomic E-state index is 5.94. The lowest BCUT2D eigenvalue weighted by Gasteiger charge is -2.07. The minimum atomic E-state index is 0.676. The van der Waals surface area contributed by atoms with Gasteiger partial charge in [0.15, 0.2) is 0 Å². The van der Waals surface area contributed by atoms with Crippen molar-refractivity contribution in [1.29, 1.82) is 0 Å². The first-order chi connectivity index (χ1) is 8.11. The molecule has 1 nitrogen and oxygen atoms in total. The summed E-state index contributed by atoms with van der Waals surface area (Å²) in [4.78, 5) is 1.08. The SMILES string of the molecule is C=C(CNCCC)CSc1cc(Cl)cc(Cl)c1. The van der Waals surface area contributed by atoms with Crippen LogP contribution in [0.5, 0.6) is 0 Å². The quantitative estimate of drug-likeness (QED) is 0.446. The first kappa shape index (κ1) is 14.9. The Morgan fingerprint density at radius 1 is 1.29 bits per heavy atom. The van der Waals surface area contributed by atoms with Gasteiger partial charge in [-0.1, -0.05) is 42.3 Å². The number of halogens is 2. The lowest BCUT2D eigenvalue weighted by atomic mass is 10.3. The Hall–Kier alpha value is -0.150. The van der Waals surface area contributed by atoms with Gasteiger partial charge in [0, 0.05) is 27.2 Å². The summed E-state index contributed by atoms with van der Waals surface area (Å²) in [5.41, 5.74) is 1.18. The predicted molar refractivity (Wildman–Crippen MR) is 79.5 cm³/mol. The van der Waals surface area contributed by atoms with Gasteiger partial charge in [-0.05, 0) is 31.2 Å². The van der Waals surface area contributed by atoms with Crippen LogP contribution >= 0.6 is 35.0 Å². The van der Waals surface area contributed by atoms with Crippen LogP contribution < -0.4 is 5.32 Å². The fourth-order valence-corrected chi connectivity index (χ4v) is 2.84. The Bertz CT molecular complexity index is 359. The Morgan fingerprint density at radius 2 is 1.94 bits per heavy atom. The molecule has 0 radical (unpaired) electrons. The highest BCUT2D eigenvalue weighted by atomic mass is 35.5. The number of benzene rings is 1. The normalized spacial score (nSPS) is 10.5. The van der Waals surface area contributed by atoms with Gasteiger partial charge in [-0.25, -0.2) is 0 Å². The van der Waals surface area contributed by atoms with Crippen LogP contribution in [0.25, 0.3) is 0 Å². The van der Waals surface area contributed by atoms with E-state index in [9.17, 15) is 0 Å². The lowest BCUT2D eigenvalue weighted by Crippen LogP contribution is -2.18. The zero-order valence-electron chi connectivity index (χ0n) is 9.93. The summed E-state index contributed by atoms with van der Waals surface area (Å²) in [6.45, 7) is 8.09. The highest BCUT2D eigenvalue weighted by Crippen LogP contribution is 2.27. The number of nitrogens with one attached hydrogen (secondary N) is 1. The summed E-state index contributed by atoms with van der Waals surface area (Å²) in [5, 5.41) is 4.68. The van der Waals surface area contributed by atoms with E-state index in [1.54, 1.807) is 17.8 Å². The number of hydrogen-bond donors (Lipinski definition) is 1. The highest BCUT2D eigenvalue weighted by Gasteiger charge is 2.00. The van der Waals surface area contributed by atoms with E-state index >= 15 is 0 Å². The van der Waals surface area contributed by atoms with Crippen molar-refractivity contribution in [1.82, 2.24) is 5.32 Å². The molecule has 0 heterocycles. The first-order valence-electron chi connectivity index (χ1n) is 5.58. The van der Waals surface area contributed by atoms with Crippen LogP contribution in [0, 0.1) is 0 Å². The van der Waals surface area contributed by atoms with Crippen molar-refractivity contribution >= 4 is 35.0 Å². The van der Waals surface area contributed by atoms with Crippen molar-refractivity contribution in [3.8, 4) is 0 Å². The summed E-state index contributed by atoms with van der Waals surface area (Å²) in [6.07, 6.45) is 1.14. The molecule has 0 aliphatic carbocycles. The molecule has 17 heavy (non-hydrogen) atoms. The Balaban J connectivity index is 2.36. The summed E-state index contributed by atoms with van der Waals surface area (Å²) in [6, 6.07) is 5.58. The average Bonchev–Trinajstić information content (AvgIpc) is 2.25. The van der Waals surface area contributed by atoms with Gasteiger partial charge in [-0.15, -0.1) is 11.8 Å². The monoisotopic (exact) mass is 289 g/mol. The van der Waals surface area contributed by atoms with Crippen LogP contribution in [0.3, 0.4) is 0 Å². The van der Waals surface area contributed by atoms with Crippen molar-refractivity contribution in [3.63, 3.8) is 0 Å². The molecule has 4 heteroatoms. The second-order valence-electron chi connectivity index (χ2n) is 3.82. The molecule has 0 bridgehead atoms. The smallest absolute Gasteiger partial charge is 0.0431 e. The Morgan fingerprint density at radius 3 is 2.53 bits per heavy atom. The van der Waals surface area contributed by atoms with Gasteiger partial charge >= 0.3 is 0 Å². The molecule has 0 atom stereocenters. The third kappa shape index (κ3) is 6.37. The zero-order valence-corrected chi connectivity index (χ0v) is 12.3. The summed E-state index contributed by atoms with van der Waals surface area (Å²) in [7, 11) is 0. The summed E-state index contributed by atoms with van der Waals surface area (Å²) in [5.74, 6) is 0.882. The maximum absolute atomic E-state index is 5.94. The van der Waals surface area contributed by atoms with Crippen molar-refractivity contribution < 1.29 is 0 Å². The molecule has 0 aliphatic rings. The number of hydrogen-bond acceptors (Lipinski definition) is 2. The van der Waals surface area contributed by atoms with Crippen LogP contribution in [-0.2, 0) is 0 Å². The predicted octanol–water partition coefficient (Wildman–Crippen LogP) is 4.64. The minimum Gasteiger partial charge on any atom is -0.313 e. The van der Waals surface area contributed by atoms with E-state index in [1.807, 2.05) is 12.1 Å². The second-order valence-corrected chi connectivity index (χ2v) is 5.74. The molecule has 0 unspecified atom stereocenters. The zero-order chi connectivity index (χ0) is 12.7. The lowest BCUT2D eigenvalue weighted by molar-refractivity contribution is 0.716. The molecule has 0 spiro atoms. The molecule has 1 N–H and O–H groups in total. The Kier molecular flexibility index (Phi) is 7.05. The largest absolute Gasteiger partial charge is 0.313 e. The molecular weight excluding hydrogens is 273 g/mol. The van der Waals surface area contributed by atoms with E-state index in [0.717, 1.165) is 30.2 Å². The molecule has 0 saturated heterocycles. The van der Waals surface area contributed by atoms with Crippen LogP contribution in [0.4, 0.5) is 0 Å². The third-order valence-corrected chi connectivity index (χ3v) is 3.64. The molecule has 0 aromatic heterocycles. The van der Waals surface area contributed by atoms with E-state index in [-0.39, 0.29) is 0 Å². The van der Waals surface area contributed by atoms with Crippen LogP contribution in [-0.4, -0.2) is 18.8 Å². The molecule has 1 aromatic carbocycles. The van der Waals surface area contributed by atoms with Gasteiger partial charge in [0.1, 0.15) is 0 Å². The summed E-state index contributed by atoms with van der Waals surface area (Å²) >= 11 is 13.6. The molecule has 1 rings (SSSR count). The van der Waals surface area contributed by atoms with Crippen LogP contribution in [0.1, 0.15) is 13.3 Å². The molecule has 94 valence electrons. The Labute approximate surface area is 118 Å². The fourth-order valence-electron chi connectivity index (χ4n) is 1.29. The van der Waals surface area contributed by atoms with E-state index in [1.165, 1.54) is 5.57 Å². The number of thioether (sulfide) groups is 1. The first-order valence-corrected chi connectivity index (χ1v) is 7.32. The molecule has 0 saturated carbocycles. The van der Waals surface area contributed by atoms with Crippen LogP contribution in [0.2, 0.25) is 10.0 Å². The van der Waals surface area contributed by atoms with Crippen molar-refractivity contribution in [2.24, 2.45) is 0 Å². The van der Waals surface area contributed by atoms with E-state index in [0.29, 0.717) is 10.0 Å². The van der Waals surface area contributed by atoms with Crippen molar-refractivity contribution in [2.75, 3.05) is 18.8 Å². The van der Waals surface area contributed by atoms with E-state index in [2.05, 4.69) is 18.8 Å². The molecule has 0 amide bonds. The number of rotatable bonds is 7. The minimum absolute atomic E-state index is 0.676.